The van der Waals surface area contributed by atoms with Crippen molar-refractivity contribution in [3.8, 4) is 5.75 Å². The number of amidine groups is 1. The average Bonchev–Trinajstić information content (AvgIpc) is 3.27. The summed E-state index contributed by atoms with van der Waals surface area (Å²) in [5.74, 6) is 6.24. The van der Waals surface area contributed by atoms with Gasteiger partial charge in [0.1, 0.15) is 17.3 Å². The highest BCUT2D eigenvalue weighted by Crippen LogP contribution is 2.43. The number of hydrogen-bond donors (Lipinski definition) is 4. The molecule has 1 aromatic carbocycles. The summed E-state index contributed by atoms with van der Waals surface area (Å²) in [6.45, 7) is 12.7. The summed E-state index contributed by atoms with van der Waals surface area (Å²) >= 11 is 1.63. The number of fused-ring (bicyclic) bond motifs is 1. The third-order valence-corrected chi connectivity index (χ3v) is 6.60. The van der Waals surface area contributed by atoms with Crippen molar-refractivity contribution in [2.24, 2.45) is 5.84 Å². The van der Waals surface area contributed by atoms with Crippen molar-refractivity contribution in [3.05, 3.63) is 47.2 Å². The number of carbonyl (C=O) groups is 1. The Hall–Kier alpha value is -2.66. The van der Waals surface area contributed by atoms with Gasteiger partial charge in [-0.3, -0.25) is 15.2 Å². The number of nitrogens with zero attached hydrogens (tertiary/aromatic N) is 3. The third-order valence-electron chi connectivity index (χ3n) is 5.13. The summed E-state index contributed by atoms with van der Waals surface area (Å²) < 4.78 is 7.76. The third kappa shape index (κ3) is 6.26. The summed E-state index contributed by atoms with van der Waals surface area (Å²) in [6.07, 6.45) is 0. The van der Waals surface area contributed by atoms with E-state index in [0.717, 1.165) is 22.0 Å². The number of nitrogens with one attached hydrogen (secondary N) is 2. The number of rotatable bonds is 6. The molecule has 0 radical (unpaired) electrons. The van der Waals surface area contributed by atoms with Gasteiger partial charge in [-0.15, -0.1) is 0 Å². The van der Waals surface area contributed by atoms with Crippen molar-refractivity contribution in [1.82, 2.24) is 14.3 Å². The lowest BCUT2D eigenvalue weighted by Gasteiger charge is -2.29. The van der Waals surface area contributed by atoms with Gasteiger partial charge in [-0.1, -0.05) is 19.9 Å². The molecule has 0 bridgehead atoms. The number of nitrogens with two attached hydrogens (primary N) is 1. The van der Waals surface area contributed by atoms with Crippen LogP contribution >= 0.6 is 11.9 Å². The molecule has 0 spiro atoms. The fourth-order valence-corrected chi connectivity index (χ4v) is 4.22. The minimum atomic E-state index is -0.441. The number of aliphatic hydroxyl groups is 1. The summed E-state index contributed by atoms with van der Waals surface area (Å²) in [6, 6.07) is 8.25. The lowest BCUT2D eigenvalue weighted by Crippen LogP contribution is -2.46. The Balaban J connectivity index is 0.00000199. The monoisotopic (exact) mass is 488 g/mol. The fraction of sp³-hybridized carbons (Fsp3) is 0.458. The summed E-state index contributed by atoms with van der Waals surface area (Å²) in [5, 5.41) is 21.4. The molecule has 1 aliphatic heterocycles. The number of aliphatic hydroxyl groups excluding tert-OH is 1. The van der Waals surface area contributed by atoms with E-state index in [1.807, 2.05) is 26.0 Å². The molecule has 0 fully saturated rings. The normalized spacial score (nSPS) is 13.9. The van der Waals surface area contributed by atoms with E-state index in [9.17, 15) is 9.90 Å². The zero-order valence-electron chi connectivity index (χ0n) is 21.0. The van der Waals surface area contributed by atoms with E-state index in [2.05, 4.69) is 35.4 Å². The number of benzene rings is 1. The van der Waals surface area contributed by atoms with E-state index in [1.54, 1.807) is 44.2 Å². The van der Waals surface area contributed by atoms with Crippen molar-refractivity contribution in [1.29, 1.82) is 5.41 Å². The molecule has 3 rings (SSSR count). The number of ether oxygens (including phenoxy) is 1. The maximum Gasteiger partial charge on any atom is 0.260 e. The van der Waals surface area contributed by atoms with E-state index in [1.165, 1.54) is 0 Å². The number of anilines is 1. The van der Waals surface area contributed by atoms with Crippen LogP contribution in [0.4, 0.5) is 5.82 Å². The molecule has 9 nitrogen and oxygen atoms in total. The number of methoxy groups -OCH3 is 1. The molecule has 2 aromatic rings. The molecule has 0 saturated carbocycles. The second kappa shape index (κ2) is 11.7. The van der Waals surface area contributed by atoms with Crippen LogP contribution in [0.5, 0.6) is 5.75 Å². The van der Waals surface area contributed by atoms with Crippen LogP contribution in [0.25, 0.3) is 0 Å². The van der Waals surface area contributed by atoms with Gasteiger partial charge in [-0.25, -0.2) is 15.1 Å². The van der Waals surface area contributed by atoms with E-state index in [0.29, 0.717) is 11.3 Å². The van der Waals surface area contributed by atoms with Crippen molar-refractivity contribution in [2.45, 2.75) is 64.6 Å². The van der Waals surface area contributed by atoms with Gasteiger partial charge < -0.3 is 15.2 Å². The van der Waals surface area contributed by atoms with Crippen LogP contribution in [0, 0.1) is 5.41 Å². The Morgan fingerprint density at radius 2 is 2.06 bits per heavy atom. The Morgan fingerprint density at radius 1 is 1.38 bits per heavy atom. The molecular weight excluding hydrogens is 452 g/mol. The summed E-state index contributed by atoms with van der Waals surface area (Å²) in [4.78, 5) is 18.4. The number of pyridine rings is 1. The van der Waals surface area contributed by atoms with E-state index in [-0.39, 0.29) is 35.4 Å². The Kier molecular flexibility index (Phi) is 9.45. The smallest absolute Gasteiger partial charge is 0.260 e. The first-order valence-corrected chi connectivity index (χ1v) is 12.0. The van der Waals surface area contributed by atoms with Gasteiger partial charge in [0.25, 0.3) is 5.91 Å². The zero-order valence-corrected chi connectivity index (χ0v) is 21.8. The molecule has 1 unspecified atom stereocenters. The second-order valence-corrected chi connectivity index (χ2v) is 9.67. The highest BCUT2D eigenvalue weighted by molar-refractivity contribution is 7.97. The molecule has 1 aromatic heterocycles. The lowest BCUT2D eigenvalue weighted by atomic mass is 10.1. The summed E-state index contributed by atoms with van der Waals surface area (Å²) in [5.41, 5.74) is 1.79. The molecule has 1 atom stereocenters. The predicted octanol–water partition coefficient (Wildman–Crippen LogP) is 3.87. The van der Waals surface area contributed by atoms with E-state index in [4.69, 9.17) is 16.0 Å². The number of hydrazine groups is 1. The molecule has 5 N–H and O–H groups in total. The quantitative estimate of drug-likeness (QED) is 0.159. The van der Waals surface area contributed by atoms with Gasteiger partial charge in [0.15, 0.2) is 5.84 Å². The first-order chi connectivity index (χ1) is 16.0. The Bertz CT molecular complexity index is 1020. The van der Waals surface area contributed by atoms with E-state index >= 15 is 0 Å². The molecule has 2 heterocycles. The Labute approximate surface area is 206 Å². The Morgan fingerprint density at radius 3 is 2.65 bits per heavy atom. The van der Waals surface area contributed by atoms with Gasteiger partial charge in [-0.05, 0) is 69.5 Å². The molecule has 10 heteroatoms. The average molecular weight is 489 g/mol. The second-order valence-electron chi connectivity index (χ2n) is 8.61. The van der Waals surface area contributed by atoms with Crippen LogP contribution in [0.2, 0.25) is 0 Å². The highest BCUT2D eigenvalue weighted by Gasteiger charge is 2.31. The summed E-state index contributed by atoms with van der Waals surface area (Å²) in [7, 11) is 1.54. The zero-order chi connectivity index (χ0) is 25.6. The standard InChI is InChI=1S/C22H30N6O3S.C2H6/c1-13(12-29)28(24)20(23)16-7-6-8-19(25-16)26-21(30)15-10-18-14(9-17(15)31-5)11-27(32-18)22(2,3)4;1-2/h6-10,13,23,29H,11-12,24H2,1-5H3,(H,25,26,30);1-2H3. The number of hydrogen-bond acceptors (Lipinski definition) is 8. The van der Waals surface area contributed by atoms with Crippen LogP contribution in [0.1, 0.15) is 63.2 Å². The molecular formula is C24H36N6O3S. The van der Waals surface area contributed by atoms with Gasteiger partial charge in [0.2, 0.25) is 0 Å². The maximum absolute atomic E-state index is 13.1. The molecule has 186 valence electrons. The van der Waals surface area contributed by atoms with Crippen LogP contribution in [-0.2, 0) is 6.54 Å². The molecule has 0 saturated heterocycles. The largest absolute Gasteiger partial charge is 0.496 e. The van der Waals surface area contributed by atoms with Crippen molar-refractivity contribution >= 4 is 29.5 Å². The number of carbonyl (C=O) groups excluding carboxylic acids is 1. The van der Waals surface area contributed by atoms with Gasteiger partial charge in [0.05, 0.1) is 25.3 Å². The van der Waals surface area contributed by atoms with Crippen molar-refractivity contribution < 1.29 is 14.6 Å². The maximum atomic E-state index is 13.1. The molecule has 34 heavy (non-hydrogen) atoms. The first kappa shape index (κ1) is 27.6. The molecule has 1 amide bonds. The lowest BCUT2D eigenvalue weighted by molar-refractivity contribution is 0.102. The van der Waals surface area contributed by atoms with Gasteiger partial charge >= 0.3 is 0 Å². The number of aromatic nitrogens is 1. The van der Waals surface area contributed by atoms with Crippen molar-refractivity contribution in [2.75, 3.05) is 19.0 Å². The predicted molar refractivity (Wildman–Crippen MR) is 137 cm³/mol. The van der Waals surface area contributed by atoms with Crippen LogP contribution in [0.3, 0.4) is 0 Å². The first-order valence-electron chi connectivity index (χ1n) is 11.2. The SMILES string of the molecule is CC.COc1cc2c(cc1C(=O)Nc1cccc(C(=N)N(N)C(C)CO)n1)SN(C(C)(C)C)C2. The minimum absolute atomic E-state index is 0.0153. The molecule has 1 aliphatic rings. The number of amides is 1. The van der Waals surface area contributed by atoms with Crippen molar-refractivity contribution in [3.63, 3.8) is 0 Å². The highest BCUT2D eigenvalue weighted by atomic mass is 32.2. The van der Waals surface area contributed by atoms with Crippen LogP contribution in [0.15, 0.2) is 35.2 Å². The molecule has 0 aliphatic carbocycles. The minimum Gasteiger partial charge on any atom is -0.496 e. The van der Waals surface area contributed by atoms with Gasteiger partial charge in [0, 0.05) is 17.0 Å². The van der Waals surface area contributed by atoms with E-state index < -0.39 is 6.04 Å². The van der Waals surface area contributed by atoms with Crippen LogP contribution < -0.4 is 15.9 Å². The van der Waals surface area contributed by atoms with Gasteiger partial charge in [-0.2, -0.15) is 0 Å². The van der Waals surface area contributed by atoms with Crippen LogP contribution in [-0.4, -0.2) is 56.4 Å². The fourth-order valence-electron chi connectivity index (χ4n) is 3.10. The topological polar surface area (TPSA) is 128 Å².